The lowest BCUT2D eigenvalue weighted by molar-refractivity contribution is 0.157. The van der Waals surface area contributed by atoms with Crippen molar-refractivity contribution in [3.8, 4) is 0 Å². The van der Waals surface area contributed by atoms with Gasteiger partial charge in [0.2, 0.25) is 0 Å². The second-order valence-corrected chi connectivity index (χ2v) is 7.01. The molecule has 2 fully saturated rings. The molecule has 0 bridgehead atoms. The fourth-order valence-electron chi connectivity index (χ4n) is 3.15. The Hall–Kier alpha value is -0.900. The third-order valence-corrected chi connectivity index (χ3v) is 4.83. The van der Waals surface area contributed by atoms with Gasteiger partial charge in [0.1, 0.15) is 0 Å². The minimum absolute atomic E-state index is 0.113. The molecule has 1 unspecified atom stereocenters. The van der Waals surface area contributed by atoms with Crippen LogP contribution in [0, 0.1) is 0 Å². The maximum atomic E-state index is 9.35. The highest BCUT2D eigenvalue weighted by Gasteiger charge is 2.36. The van der Waals surface area contributed by atoms with Crippen molar-refractivity contribution in [2.24, 2.45) is 0 Å². The van der Waals surface area contributed by atoms with Gasteiger partial charge in [0.15, 0.2) is 0 Å². The molecule has 1 aromatic carbocycles. The highest BCUT2D eigenvalue weighted by molar-refractivity contribution is 5.26. The fraction of sp³-hybridized carbons (Fsp3) is 0.667. The minimum Gasteiger partial charge on any atom is -0.395 e. The zero-order valence-corrected chi connectivity index (χ0v) is 13.1. The number of hydrogen-bond acceptors (Lipinski definition) is 3. The Morgan fingerprint density at radius 2 is 1.90 bits per heavy atom. The molecule has 2 N–H and O–H groups in total. The van der Waals surface area contributed by atoms with Gasteiger partial charge in [-0.2, -0.15) is 0 Å². The second kappa shape index (κ2) is 6.47. The molecule has 21 heavy (non-hydrogen) atoms. The van der Waals surface area contributed by atoms with Gasteiger partial charge < -0.3 is 10.4 Å². The van der Waals surface area contributed by atoms with E-state index in [2.05, 4.69) is 47.5 Å². The van der Waals surface area contributed by atoms with E-state index >= 15 is 0 Å². The third kappa shape index (κ3) is 4.06. The maximum Gasteiger partial charge on any atom is 0.0558 e. The van der Waals surface area contributed by atoms with E-state index in [9.17, 15) is 5.11 Å². The average molecular weight is 288 g/mol. The zero-order chi connectivity index (χ0) is 14.7. The monoisotopic (exact) mass is 288 g/mol. The van der Waals surface area contributed by atoms with Crippen LogP contribution in [0.4, 0.5) is 0 Å². The van der Waals surface area contributed by atoms with Crippen molar-refractivity contribution in [3.63, 3.8) is 0 Å². The van der Waals surface area contributed by atoms with E-state index in [0.29, 0.717) is 6.04 Å². The topological polar surface area (TPSA) is 35.5 Å². The summed E-state index contributed by atoms with van der Waals surface area (Å²) in [5, 5.41) is 13.1. The number of rotatable bonds is 9. The fourth-order valence-corrected chi connectivity index (χ4v) is 3.15. The number of nitrogens with zero attached hydrogens (tertiary/aromatic N) is 1. The van der Waals surface area contributed by atoms with E-state index in [0.717, 1.165) is 25.7 Å². The van der Waals surface area contributed by atoms with Gasteiger partial charge >= 0.3 is 0 Å². The molecular formula is C18H28N2O. The normalized spacial score (nSPS) is 21.5. The van der Waals surface area contributed by atoms with Gasteiger partial charge in [-0.25, -0.2) is 0 Å². The molecule has 116 valence electrons. The highest BCUT2D eigenvalue weighted by Crippen LogP contribution is 2.32. The van der Waals surface area contributed by atoms with Crippen LogP contribution in [-0.4, -0.2) is 48.3 Å². The third-order valence-electron chi connectivity index (χ3n) is 4.83. The van der Waals surface area contributed by atoms with Crippen LogP contribution in [-0.2, 0) is 5.41 Å². The Morgan fingerprint density at radius 1 is 1.19 bits per heavy atom. The summed E-state index contributed by atoms with van der Waals surface area (Å²) in [4.78, 5) is 2.49. The molecule has 0 heterocycles. The molecule has 2 aliphatic rings. The molecule has 0 amide bonds. The molecule has 1 aromatic rings. The predicted molar refractivity (Wildman–Crippen MR) is 86.5 cm³/mol. The van der Waals surface area contributed by atoms with Crippen molar-refractivity contribution in [3.05, 3.63) is 35.9 Å². The summed E-state index contributed by atoms with van der Waals surface area (Å²) in [5.41, 5.74) is 1.52. The van der Waals surface area contributed by atoms with Gasteiger partial charge in [-0.1, -0.05) is 37.3 Å². The Balaban J connectivity index is 1.73. The number of aliphatic hydroxyl groups is 1. The first-order valence-electron chi connectivity index (χ1n) is 8.35. The lowest BCUT2D eigenvalue weighted by Crippen LogP contribution is -2.47. The van der Waals surface area contributed by atoms with Crippen LogP contribution >= 0.6 is 0 Å². The minimum atomic E-state index is 0.113. The molecule has 3 nitrogen and oxygen atoms in total. The Morgan fingerprint density at radius 3 is 2.48 bits per heavy atom. The number of aliphatic hydroxyl groups excluding tert-OH is 1. The number of benzene rings is 1. The SMILES string of the molecule is CC(CNC1CC1)(CN(CCO)C1CC1)c1ccccc1. The Kier molecular flexibility index (Phi) is 4.63. The first-order valence-corrected chi connectivity index (χ1v) is 8.35. The van der Waals surface area contributed by atoms with E-state index in [1.54, 1.807) is 0 Å². The quantitative estimate of drug-likeness (QED) is 0.731. The molecule has 2 saturated carbocycles. The molecule has 0 spiro atoms. The van der Waals surface area contributed by atoms with Gasteiger partial charge in [-0.3, -0.25) is 4.90 Å². The molecular weight excluding hydrogens is 260 g/mol. The summed E-state index contributed by atoms with van der Waals surface area (Å²) in [6.07, 6.45) is 5.24. The molecule has 1 atom stereocenters. The van der Waals surface area contributed by atoms with E-state index in [1.165, 1.54) is 31.2 Å². The smallest absolute Gasteiger partial charge is 0.0558 e. The van der Waals surface area contributed by atoms with Crippen molar-refractivity contribution in [2.45, 2.75) is 50.1 Å². The van der Waals surface area contributed by atoms with Crippen molar-refractivity contribution in [2.75, 3.05) is 26.2 Å². The Bertz CT molecular complexity index is 442. The average Bonchev–Trinajstić information content (AvgIpc) is 3.40. The van der Waals surface area contributed by atoms with Crippen LogP contribution in [0.3, 0.4) is 0 Å². The van der Waals surface area contributed by atoms with E-state index in [4.69, 9.17) is 0 Å². The summed E-state index contributed by atoms with van der Waals surface area (Å²) < 4.78 is 0. The summed E-state index contributed by atoms with van der Waals surface area (Å²) in [7, 11) is 0. The van der Waals surface area contributed by atoms with Crippen LogP contribution in [0.5, 0.6) is 0 Å². The lowest BCUT2D eigenvalue weighted by atomic mass is 9.81. The highest BCUT2D eigenvalue weighted by atomic mass is 16.3. The van der Waals surface area contributed by atoms with E-state index in [-0.39, 0.29) is 12.0 Å². The molecule has 3 rings (SSSR count). The molecule has 0 saturated heterocycles. The summed E-state index contributed by atoms with van der Waals surface area (Å²) in [5.74, 6) is 0. The summed E-state index contributed by atoms with van der Waals surface area (Å²) >= 11 is 0. The number of nitrogens with one attached hydrogen (secondary N) is 1. The van der Waals surface area contributed by atoms with E-state index < -0.39 is 0 Å². The van der Waals surface area contributed by atoms with Crippen molar-refractivity contribution in [1.29, 1.82) is 0 Å². The van der Waals surface area contributed by atoms with Gasteiger partial charge in [-0.15, -0.1) is 0 Å². The first kappa shape index (κ1) is 15.0. The van der Waals surface area contributed by atoms with Crippen molar-refractivity contribution < 1.29 is 5.11 Å². The first-order chi connectivity index (χ1) is 10.2. The van der Waals surface area contributed by atoms with Crippen molar-refractivity contribution >= 4 is 0 Å². The molecule has 0 radical (unpaired) electrons. The molecule has 0 aliphatic heterocycles. The van der Waals surface area contributed by atoms with Crippen molar-refractivity contribution in [1.82, 2.24) is 10.2 Å². The Labute approximate surface area is 128 Å². The molecule has 2 aliphatic carbocycles. The van der Waals surface area contributed by atoms with Gasteiger partial charge in [0.25, 0.3) is 0 Å². The van der Waals surface area contributed by atoms with Gasteiger partial charge in [0, 0.05) is 37.1 Å². The van der Waals surface area contributed by atoms with Gasteiger partial charge in [-0.05, 0) is 31.2 Å². The van der Waals surface area contributed by atoms with E-state index in [1.807, 2.05) is 0 Å². The lowest BCUT2D eigenvalue weighted by Gasteiger charge is -2.36. The standard InChI is InChI=1S/C18H28N2O/c1-18(13-19-16-7-8-16,15-5-3-2-4-6-15)14-20(11-12-21)17-9-10-17/h2-6,16-17,19,21H,7-14H2,1H3. The van der Waals surface area contributed by atoms with Crippen LogP contribution in [0.15, 0.2) is 30.3 Å². The summed E-state index contributed by atoms with van der Waals surface area (Å²) in [6, 6.07) is 12.3. The second-order valence-electron chi connectivity index (χ2n) is 7.01. The van der Waals surface area contributed by atoms with Crippen LogP contribution in [0.25, 0.3) is 0 Å². The molecule has 3 heteroatoms. The maximum absolute atomic E-state index is 9.35. The molecule has 0 aromatic heterocycles. The number of hydrogen-bond donors (Lipinski definition) is 2. The summed E-state index contributed by atoms with van der Waals surface area (Å²) in [6.45, 7) is 5.48. The largest absolute Gasteiger partial charge is 0.395 e. The predicted octanol–water partition coefficient (Wildman–Crippen LogP) is 2.15. The van der Waals surface area contributed by atoms with Crippen LogP contribution in [0.2, 0.25) is 0 Å². The van der Waals surface area contributed by atoms with Crippen LogP contribution < -0.4 is 5.32 Å². The van der Waals surface area contributed by atoms with Crippen LogP contribution in [0.1, 0.15) is 38.2 Å². The zero-order valence-electron chi connectivity index (χ0n) is 13.1. The van der Waals surface area contributed by atoms with Gasteiger partial charge in [0.05, 0.1) is 6.61 Å².